The summed E-state index contributed by atoms with van der Waals surface area (Å²) < 4.78 is 13.0. The van der Waals surface area contributed by atoms with Crippen molar-refractivity contribution < 1.29 is 4.39 Å². The van der Waals surface area contributed by atoms with Crippen LogP contribution in [0.3, 0.4) is 0 Å². The van der Waals surface area contributed by atoms with Crippen molar-refractivity contribution in [3.05, 3.63) is 29.6 Å². The molecule has 78 valence electrons. The molecule has 0 aliphatic rings. The lowest BCUT2D eigenvalue weighted by atomic mass is 10.1. The maximum absolute atomic E-state index is 13.0. The number of thioether (sulfide) groups is 1. The number of hydrogen-bond donors (Lipinski definition) is 1. The minimum atomic E-state index is -0.180. The summed E-state index contributed by atoms with van der Waals surface area (Å²) in [7, 11) is 0. The van der Waals surface area contributed by atoms with E-state index in [0.717, 1.165) is 22.6 Å². The molecule has 3 heteroatoms. The molecule has 0 heterocycles. The predicted molar refractivity (Wildman–Crippen MR) is 60.2 cm³/mol. The largest absolute Gasteiger partial charge is 0.328 e. The van der Waals surface area contributed by atoms with Gasteiger partial charge in [0, 0.05) is 10.9 Å². The van der Waals surface area contributed by atoms with Crippen LogP contribution in [0.15, 0.2) is 23.1 Å². The molecule has 0 saturated heterocycles. The fraction of sp³-hybridized carbons (Fsp3) is 0.455. The third-order valence-corrected chi connectivity index (χ3v) is 2.86. The van der Waals surface area contributed by atoms with E-state index in [0.29, 0.717) is 0 Å². The first-order chi connectivity index (χ1) is 6.63. The Hall–Kier alpha value is -0.540. The summed E-state index contributed by atoms with van der Waals surface area (Å²) in [6.45, 7) is 4.02. The zero-order chi connectivity index (χ0) is 10.6. The second kappa shape index (κ2) is 5.37. The normalized spacial score (nSPS) is 12.9. The lowest BCUT2D eigenvalue weighted by Crippen LogP contribution is -2.18. The van der Waals surface area contributed by atoms with Crippen LogP contribution in [0, 0.1) is 5.82 Å². The molecule has 0 aliphatic carbocycles. The molecule has 0 bridgehead atoms. The summed E-state index contributed by atoms with van der Waals surface area (Å²) in [4.78, 5) is 1.14. The van der Waals surface area contributed by atoms with Crippen LogP contribution in [0.1, 0.15) is 19.4 Å². The molecule has 0 aromatic heterocycles. The van der Waals surface area contributed by atoms with Gasteiger partial charge in [-0.3, -0.25) is 0 Å². The maximum Gasteiger partial charge on any atom is 0.123 e. The third kappa shape index (κ3) is 3.31. The Kier molecular flexibility index (Phi) is 4.42. The molecule has 1 nitrogen and oxygen atoms in total. The number of hydrogen-bond acceptors (Lipinski definition) is 2. The van der Waals surface area contributed by atoms with E-state index in [2.05, 4.69) is 6.92 Å². The van der Waals surface area contributed by atoms with Crippen LogP contribution in [0.4, 0.5) is 4.39 Å². The second-order valence-corrected chi connectivity index (χ2v) is 4.67. The molecule has 1 unspecified atom stereocenters. The van der Waals surface area contributed by atoms with Gasteiger partial charge < -0.3 is 5.73 Å². The summed E-state index contributed by atoms with van der Waals surface area (Å²) in [5, 5.41) is 0. The van der Waals surface area contributed by atoms with Crippen molar-refractivity contribution >= 4 is 11.8 Å². The van der Waals surface area contributed by atoms with Crippen molar-refractivity contribution in [2.75, 3.05) is 5.75 Å². The van der Waals surface area contributed by atoms with Gasteiger partial charge in [0.2, 0.25) is 0 Å². The van der Waals surface area contributed by atoms with E-state index in [1.807, 2.05) is 13.0 Å². The van der Waals surface area contributed by atoms with E-state index in [1.54, 1.807) is 17.8 Å². The Bertz CT molecular complexity index is 299. The Balaban J connectivity index is 2.90. The van der Waals surface area contributed by atoms with Gasteiger partial charge in [0.15, 0.2) is 0 Å². The van der Waals surface area contributed by atoms with Crippen LogP contribution in [-0.4, -0.2) is 11.8 Å². The third-order valence-electron chi connectivity index (χ3n) is 1.86. The monoisotopic (exact) mass is 213 g/mol. The summed E-state index contributed by atoms with van der Waals surface area (Å²) >= 11 is 1.73. The van der Waals surface area contributed by atoms with Gasteiger partial charge in [0.05, 0.1) is 0 Å². The standard InChI is InChI=1S/C11H16FNS/c1-3-14-11-5-4-10(12)7-9(11)6-8(2)13/h4-5,7-8H,3,6,13H2,1-2H3. The van der Waals surface area contributed by atoms with Crippen molar-refractivity contribution in [2.45, 2.75) is 31.2 Å². The average molecular weight is 213 g/mol. The zero-order valence-corrected chi connectivity index (χ0v) is 9.40. The highest BCUT2D eigenvalue weighted by atomic mass is 32.2. The number of rotatable bonds is 4. The smallest absolute Gasteiger partial charge is 0.123 e. The molecule has 1 aromatic rings. The Labute approximate surface area is 88.9 Å². The Morgan fingerprint density at radius 1 is 1.50 bits per heavy atom. The topological polar surface area (TPSA) is 26.0 Å². The molecule has 0 fully saturated rings. The summed E-state index contributed by atoms with van der Waals surface area (Å²) in [6.07, 6.45) is 0.736. The van der Waals surface area contributed by atoms with Crippen molar-refractivity contribution in [2.24, 2.45) is 5.73 Å². The second-order valence-electron chi connectivity index (χ2n) is 3.37. The van der Waals surface area contributed by atoms with Crippen LogP contribution in [0.25, 0.3) is 0 Å². The average Bonchev–Trinajstić information content (AvgIpc) is 2.09. The van der Waals surface area contributed by atoms with Crippen molar-refractivity contribution in [3.63, 3.8) is 0 Å². The van der Waals surface area contributed by atoms with Crippen molar-refractivity contribution in [3.8, 4) is 0 Å². The Morgan fingerprint density at radius 3 is 2.79 bits per heavy atom. The predicted octanol–water partition coefficient (Wildman–Crippen LogP) is 2.83. The Morgan fingerprint density at radius 2 is 2.21 bits per heavy atom. The van der Waals surface area contributed by atoms with Crippen LogP contribution < -0.4 is 5.73 Å². The van der Waals surface area contributed by atoms with E-state index in [-0.39, 0.29) is 11.9 Å². The maximum atomic E-state index is 13.0. The lowest BCUT2D eigenvalue weighted by molar-refractivity contribution is 0.620. The quantitative estimate of drug-likeness (QED) is 0.778. The van der Waals surface area contributed by atoms with E-state index >= 15 is 0 Å². The van der Waals surface area contributed by atoms with Crippen LogP contribution in [0.5, 0.6) is 0 Å². The fourth-order valence-electron chi connectivity index (χ4n) is 1.35. The molecular weight excluding hydrogens is 197 g/mol. The van der Waals surface area contributed by atoms with E-state index in [1.165, 1.54) is 6.07 Å². The molecule has 0 aliphatic heterocycles. The van der Waals surface area contributed by atoms with E-state index < -0.39 is 0 Å². The lowest BCUT2D eigenvalue weighted by Gasteiger charge is -2.10. The molecule has 0 radical (unpaired) electrons. The van der Waals surface area contributed by atoms with E-state index in [9.17, 15) is 4.39 Å². The minimum absolute atomic E-state index is 0.0769. The van der Waals surface area contributed by atoms with Gasteiger partial charge >= 0.3 is 0 Å². The van der Waals surface area contributed by atoms with Gasteiger partial charge in [-0.05, 0) is 42.9 Å². The van der Waals surface area contributed by atoms with Crippen LogP contribution in [0.2, 0.25) is 0 Å². The van der Waals surface area contributed by atoms with Crippen molar-refractivity contribution in [1.29, 1.82) is 0 Å². The number of benzene rings is 1. The van der Waals surface area contributed by atoms with Gasteiger partial charge in [0.25, 0.3) is 0 Å². The van der Waals surface area contributed by atoms with Crippen molar-refractivity contribution in [1.82, 2.24) is 0 Å². The summed E-state index contributed by atoms with van der Waals surface area (Å²) in [5.41, 5.74) is 6.73. The molecule has 14 heavy (non-hydrogen) atoms. The highest BCUT2D eigenvalue weighted by Gasteiger charge is 2.06. The summed E-state index contributed by atoms with van der Waals surface area (Å²) in [6, 6.07) is 5.00. The number of halogens is 1. The molecule has 1 aromatic carbocycles. The van der Waals surface area contributed by atoms with Gasteiger partial charge in [-0.1, -0.05) is 6.92 Å². The van der Waals surface area contributed by atoms with Crippen LogP contribution >= 0.6 is 11.8 Å². The highest BCUT2D eigenvalue weighted by Crippen LogP contribution is 2.24. The molecule has 0 spiro atoms. The van der Waals surface area contributed by atoms with Gasteiger partial charge in [0.1, 0.15) is 5.82 Å². The highest BCUT2D eigenvalue weighted by molar-refractivity contribution is 7.99. The first-order valence-electron chi connectivity index (χ1n) is 4.80. The SMILES string of the molecule is CCSc1ccc(F)cc1CC(C)N. The fourth-order valence-corrected chi connectivity index (χ4v) is 2.15. The van der Waals surface area contributed by atoms with Gasteiger partial charge in [-0.15, -0.1) is 11.8 Å². The van der Waals surface area contributed by atoms with E-state index in [4.69, 9.17) is 5.73 Å². The molecule has 0 amide bonds. The molecular formula is C11H16FNS. The van der Waals surface area contributed by atoms with Gasteiger partial charge in [-0.25, -0.2) is 4.39 Å². The molecule has 1 rings (SSSR count). The minimum Gasteiger partial charge on any atom is -0.328 e. The molecule has 0 saturated carbocycles. The molecule has 1 atom stereocenters. The summed E-state index contributed by atoms with van der Waals surface area (Å²) in [5.74, 6) is 0.818. The molecule has 2 N–H and O–H groups in total. The van der Waals surface area contributed by atoms with Crippen LogP contribution in [-0.2, 0) is 6.42 Å². The first kappa shape index (κ1) is 11.5. The van der Waals surface area contributed by atoms with Gasteiger partial charge in [-0.2, -0.15) is 0 Å². The zero-order valence-electron chi connectivity index (χ0n) is 8.59. The number of nitrogens with two attached hydrogens (primary N) is 1. The first-order valence-corrected chi connectivity index (χ1v) is 5.79.